The van der Waals surface area contributed by atoms with Gasteiger partial charge in [-0.25, -0.2) is 8.42 Å². The molecule has 0 N–H and O–H groups in total. The van der Waals surface area contributed by atoms with E-state index in [0.717, 1.165) is 0 Å². The van der Waals surface area contributed by atoms with Crippen molar-refractivity contribution in [2.45, 2.75) is 6.92 Å². The number of hydrogen-bond donors (Lipinski definition) is 0. The maximum absolute atomic E-state index is 11.9. The van der Waals surface area contributed by atoms with Crippen LogP contribution in [0, 0.1) is 0 Å². The molecule has 0 unspecified atom stereocenters. The van der Waals surface area contributed by atoms with Crippen LogP contribution in [0.5, 0.6) is 0 Å². The Morgan fingerprint density at radius 1 is 1.11 bits per heavy atom. The lowest BCUT2D eigenvalue weighted by atomic mass is 9.94. The Hall–Kier alpha value is -1.17. The zero-order chi connectivity index (χ0) is 14.2. The van der Waals surface area contributed by atoms with Gasteiger partial charge in [0.1, 0.15) is 10.7 Å². The van der Waals surface area contributed by atoms with Crippen LogP contribution in [-0.2, 0) is 10.0 Å². The Morgan fingerprint density at radius 2 is 1.68 bits per heavy atom. The van der Waals surface area contributed by atoms with E-state index in [9.17, 15) is 13.2 Å². The molecule has 100 valence electrons. The fourth-order valence-electron chi connectivity index (χ4n) is 1.62. The number of sulfonamides is 1. The van der Waals surface area contributed by atoms with E-state index in [0.29, 0.717) is 11.1 Å². The van der Waals surface area contributed by atoms with Gasteiger partial charge in [0.25, 0.3) is 10.0 Å². The van der Waals surface area contributed by atoms with Gasteiger partial charge in [-0.1, -0.05) is 47.5 Å². The lowest BCUT2D eigenvalue weighted by Crippen LogP contribution is -2.20. The molecule has 1 aliphatic carbocycles. The summed E-state index contributed by atoms with van der Waals surface area (Å²) in [5.41, 5.74) is 0.685. The fourth-order valence-corrected chi connectivity index (χ4v) is 2.69. The number of carbonyl (C=O) groups excluding carboxylic acids is 1. The Morgan fingerprint density at radius 3 is 2.26 bits per heavy atom. The van der Waals surface area contributed by atoms with Crippen LogP contribution in [0.2, 0.25) is 0 Å². The molecule has 4 nitrogen and oxygen atoms in total. The number of nitrogens with zero attached hydrogens (tertiary/aromatic N) is 1. The molecule has 7 heteroatoms. The number of halogens is 2. The molecule has 0 spiro atoms. The van der Waals surface area contributed by atoms with Gasteiger partial charge in [0.2, 0.25) is 5.78 Å². The third-order valence-corrected chi connectivity index (χ3v) is 4.64. The summed E-state index contributed by atoms with van der Waals surface area (Å²) in [5, 5.41) is -0.354. The Bertz CT molecular complexity index is 720. The summed E-state index contributed by atoms with van der Waals surface area (Å²) in [5.74, 6) is -0.593. The SMILES string of the molecule is CCS(=O)(=O)/N=C1\C(Cl)=C(Cl)C(=O)c2ccccc21. The van der Waals surface area contributed by atoms with Crippen LogP contribution in [0.1, 0.15) is 22.8 Å². The summed E-state index contributed by atoms with van der Waals surface area (Å²) in [6.45, 7) is 1.47. The van der Waals surface area contributed by atoms with Gasteiger partial charge in [-0.15, -0.1) is 0 Å². The van der Waals surface area contributed by atoms with Crippen molar-refractivity contribution in [1.29, 1.82) is 0 Å². The van der Waals surface area contributed by atoms with Gasteiger partial charge in [-0.2, -0.15) is 4.40 Å². The van der Waals surface area contributed by atoms with E-state index in [1.807, 2.05) is 0 Å². The van der Waals surface area contributed by atoms with Gasteiger partial charge in [0.05, 0.1) is 10.8 Å². The molecule has 1 aromatic rings. The van der Waals surface area contributed by atoms with Crippen molar-refractivity contribution in [2.24, 2.45) is 4.40 Å². The molecule has 0 aromatic heterocycles. The molecule has 0 heterocycles. The van der Waals surface area contributed by atoms with Crippen molar-refractivity contribution in [2.75, 3.05) is 5.75 Å². The Balaban J connectivity index is 2.76. The van der Waals surface area contributed by atoms with E-state index >= 15 is 0 Å². The van der Waals surface area contributed by atoms with E-state index in [2.05, 4.69) is 4.40 Å². The number of allylic oxidation sites excluding steroid dienone is 2. The summed E-state index contributed by atoms with van der Waals surface area (Å²) in [6.07, 6.45) is 0. The first-order valence-electron chi connectivity index (χ1n) is 5.39. The monoisotopic (exact) mass is 317 g/mol. The fraction of sp³-hybridized carbons (Fsp3) is 0.167. The van der Waals surface area contributed by atoms with Crippen molar-refractivity contribution < 1.29 is 13.2 Å². The van der Waals surface area contributed by atoms with Crippen molar-refractivity contribution in [3.05, 3.63) is 45.5 Å². The van der Waals surface area contributed by atoms with E-state index in [1.165, 1.54) is 6.92 Å². The van der Waals surface area contributed by atoms with Crippen molar-refractivity contribution in [1.82, 2.24) is 0 Å². The minimum absolute atomic E-state index is 0.0173. The molecular weight excluding hydrogens is 309 g/mol. The number of rotatable bonds is 2. The summed E-state index contributed by atoms with van der Waals surface area (Å²) in [6, 6.07) is 6.47. The van der Waals surface area contributed by atoms with E-state index in [-0.39, 0.29) is 21.5 Å². The normalized spacial score (nSPS) is 17.8. The molecule has 0 fully saturated rings. The number of carbonyl (C=O) groups is 1. The van der Waals surface area contributed by atoms with Gasteiger partial charge in [0, 0.05) is 11.1 Å². The highest BCUT2D eigenvalue weighted by molar-refractivity contribution is 7.90. The van der Waals surface area contributed by atoms with Crippen molar-refractivity contribution in [3.63, 3.8) is 0 Å². The first kappa shape index (κ1) is 14.2. The highest BCUT2D eigenvalue weighted by Gasteiger charge is 2.29. The van der Waals surface area contributed by atoms with Crippen LogP contribution in [0.25, 0.3) is 0 Å². The molecule has 0 saturated heterocycles. The smallest absolute Gasteiger partial charge is 0.253 e. The van der Waals surface area contributed by atoms with Crippen molar-refractivity contribution >= 4 is 44.7 Å². The van der Waals surface area contributed by atoms with Gasteiger partial charge < -0.3 is 0 Å². The van der Waals surface area contributed by atoms with E-state index in [1.54, 1.807) is 24.3 Å². The van der Waals surface area contributed by atoms with Gasteiger partial charge in [-0.05, 0) is 6.92 Å². The lowest BCUT2D eigenvalue weighted by Gasteiger charge is -2.16. The molecule has 0 amide bonds. The Labute approximate surface area is 120 Å². The third-order valence-electron chi connectivity index (χ3n) is 2.62. The minimum atomic E-state index is -3.64. The predicted molar refractivity (Wildman–Crippen MR) is 75.5 cm³/mol. The Kier molecular flexibility index (Phi) is 3.80. The highest BCUT2D eigenvalue weighted by Crippen LogP contribution is 2.31. The quantitative estimate of drug-likeness (QED) is 0.842. The second kappa shape index (κ2) is 5.07. The number of hydrogen-bond acceptors (Lipinski definition) is 3. The van der Waals surface area contributed by atoms with E-state index in [4.69, 9.17) is 23.2 Å². The third kappa shape index (κ3) is 2.59. The molecular formula is C12H9Cl2NO3S. The van der Waals surface area contributed by atoms with Crippen LogP contribution < -0.4 is 0 Å². The largest absolute Gasteiger partial charge is 0.288 e. The second-order valence-electron chi connectivity index (χ2n) is 3.81. The summed E-state index contributed by atoms with van der Waals surface area (Å²) < 4.78 is 26.9. The number of Topliss-reactive ketones (excluding diaryl/α,β-unsaturated/α-hetero) is 1. The molecule has 0 aliphatic heterocycles. The number of benzene rings is 1. The van der Waals surface area contributed by atoms with Crippen molar-refractivity contribution in [3.8, 4) is 0 Å². The second-order valence-corrected chi connectivity index (χ2v) is 6.49. The van der Waals surface area contributed by atoms with Crippen LogP contribution in [0.15, 0.2) is 38.7 Å². The average Bonchev–Trinajstić information content (AvgIpc) is 2.41. The predicted octanol–water partition coefficient (Wildman–Crippen LogP) is 2.71. The molecule has 0 radical (unpaired) electrons. The van der Waals surface area contributed by atoms with Gasteiger partial charge in [0.15, 0.2) is 0 Å². The highest BCUT2D eigenvalue weighted by atomic mass is 35.5. The first-order chi connectivity index (χ1) is 8.87. The van der Waals surface area contributed by atoms with Crippen LogP contribution in [-0.4, -0.2) is 25.7 Å². The zero-order valence-electron chi connectivity index (χ0n) is 9.85. The molecule has 0 saturated carbocycles. The maximum atomic E-state index is 11.9. The average molecular weight is 318 g/mol. The summed E-state index contributed by atoms with van der Waals surface area (Å²) in [4.78, 5) is 11.9. The molecule has 19 heavy (non-hydrogen) atoms. The molecule has 0 bridgehead atoms. The maximum Gasteiger partial charge on any atom is 0.253 e. The van der Waals surface area contributed by atoms with Gasteiger partial charge >= 0.3 is 0 Å². The molecule has 0 atom stereocenters. The van der Waals surface area contributed by atoms with Crippen LogP contribution >= 0.6 is 23.2 Å². The number of fused-ring (bicyclic) bond motifs is 1. The zero-order valence-corrected chi connectivity index (χ0v) is 12.2. The summed E-state index contributed by atoms with van der Waals surface area (Å²) in [7, 11) is -3.64. The molecule has 1 aliphatic rings. The first-order valence-corrected chi connectivity index (χ1v) is 7.76. The van der Waals surface area contributed by atoms with Crippen LogP contribution in [0.3, 0.4) is 0 Å². The number of ketones is 1. The molecule has 2 rings (SSSR count). The topological polar surface area (TPSA) is 63.6 Å². The summed E-state index contributed by atoms with van der Waals surface area (Å²) >= 11 is 11.8. The minimum Gasteiger partial charge on any atom is -0.288 e. The molecule has 1 aromatic carbocycles. The van der Waals surface area contributed by atoms with Crippen LogP contribution in [0.4, 0.5) is 0 Å². The lowest BCUT2D eigenvalue weighted by molar-refractivity contribution is 0.104. The standard InChI is InChI=1S/C12H9Cl2NO3S/c1-2-19(17,18)15-11-7-5-3-4-6-8(7)12(16)10(14)9(11)13/h3-6H,2H2,1H3/b15-11-. The van der Waals surface area contributed by atoms with Gasteiger partial charge in [-0.3, -0.25) is 4.79 Å². The van der Waals surface area contributed by atoms with E-state index < -0.39 is 15.8 Å².